The molecule has 2 aromatic heterocycles. The Morgan fingerprint density at radius 3 is 2.52 bits per heavy atom. The van der Waals surface area contributed by atoms with Gasteiger partial charge >= 0.3 is 0 Å². The average molecular weight is 438 g/mol. The number of ether oxygens (including phenoxy) is 2. The average Bonchev–Trinajstić information content (AvgIpc) is 3.28. The number of fused-ring (bicyclic) bond motifs is 1. The zero-order valence-corrected chi connectivity index (χ0v) is 17.4. The van der Waals surface area contributed by atoms with Crippen molar-refractivity contribution in [1.29, 1.82) is 0 Å². The number of rotatable bonds is 5. The van der Waals surface area contributed by atoms with E-state index in [1.54, 1.807) is 32.4 Å². The maximum atomic E-state index is 6.26. The molecule has 0 bridgehead atoms. The van der Waals surface area contributed by atoms with E-state index < -0.39 is 0 Å². The maximum Gasteiger partial charge on any atom is 0.190 e. The Labute approximate surface area is 173 Å². The highest BCUT2D eigenvalue weighted by Gasteiger charge is 2.13. The van der Waals surface area contributed by atoms with Crippen LogP contribution in [0.4, 0.5) is 10.3 Å². The normalized spacial score (nSPS) is 11.0. The summed E-state index contributed by atoms with van der Waals surface area (Å²) >= 11 is 15.3. The van der Waals surface area contributed by atoms with Gasteiger partial charge in [0.2, 0.25) is 0 Å². The van der Waals surface area contributed by atoms with Crippen LogP contribution in [0.25, 0.3) is 21.5 Å². The van der Waals surface area contributed by atoms with Crippen LogP contribution in [0.5, 0.6) is 11.5 Å². The van der Waals surface area contributed by atoms with Gasteiger partial charge in [0.1, 0.15) is 0 Å². The quantitative estimate of drug-likeness (QED) is 0.386. The fourth-order valence-electron chi connectivity index (χ4n) is 2.55. The lowest BCUT2D eigenvalue weighted by Gasteiger charge is -2.05. The summed E-state index contributed by atoms with van der Waals surface area (Å²) in [7, 11) is 3.22. The van der Waals surface area contributed by atoms with Gasteiger partial charge in [0.25, 0.3) is 0 Å². The summed E-state index contributed by atoms with van der Waals surface area (Å²) in [6, 6.07) is 9.09. The third kappa shape index (κ3) is 3.68. The minimum absolute atomic E-state index is 0.607. The van der Waals surface area contributed by atoms with Crippen molar-refractivity contribution >= 4 is 66.4 Å². The fourth-order valence-corrected chi connectivity index (χ4v) is 4.58. The number of aromatic nitrogens is 2. The van der Waals surface area contributed by atoms with Gasteiger partial charge in [-0.1, -0.05) is 34.5 Å². The van der Waals surface area contributed by atoms with Crippen molar-refractivity contribution < 1.29 is 9.47 Å². The number of benzene rings is 2. The number of halogens is 2. The Morgan fingerprint density at radius 2 is 1.74 bits per heavy atom. The van der Waals surface area contributed by atoms with Crippen molar-refractivity contribution in [3.63, 3.8) is 0 Å². The van der Waals surface area contributed by atoms with E-state index in [-0.39, 0.29) is 0 Å². The molecule has 4 aromatic rings. The largest absolute Gasteiger partial charge is 0.493 e. The highest BCUT2D eigenvalue weighted by atomic mass is 35.5. The molecule has 4 rings (SSSR count). The molecular weight excluding hydrogens is 425 g/mol. The summed E-state index contributed by atoms with van der Waals surface area (Å²) in [4.78, 5) is 9.19. The van der Waals surface area contributed by atoms with Crippen LogP contribution in [0, 0.1) is 0 Å². The van der Waals surface area contributed by atoms with Gasteiger partial charge in [0.05, 0.1) is 35.2 Å². The minimum atomic E-state index is 0.607. The van der Waals surface area contributed by atoms with Crippen molar-refractivity contribution in [2.45, 2.75) is 0 Å². The molecule has 9 heteroatoms. The Balaban J connectivity index is 1.63. The number of hydrogen-bond acceptors (Lipinski definition) is 7. The highest BCUT2D eigenvalue weighted by Crippen LogP contribution is 2.38. The molecule has 0 amide bonds. The fraction of sp³-hybridized carbons (Fsp3) is 0.111. The number of thiazole rings is 2. The number of nitrogens with zero attached hydrogens (tertiary/aromatic N) is 2. The van der Waals surface area contributed by atoms with Crippen LogP contribution in [0.2, 0.25) is 10.0 Å². The van der Waals surface area contributed by atoms with Gasteiger partial charge in [-0.15, -0.1) is 11.3 Å². The molecule has 0 spiro atoms. The van der Waals surface area contributed by atoms with Crippen molar-refractivity contribution in [2.75, 3.05) is 19.5 Å². The van der Waals surface area contributed by atoms with Crippen LogP contribution in [-0.2, 0) is 0 Å². The van der Waals surface area contributed by atoms with E-state index in [0.29, 0.717) is 21.5 Å². The zero-order valence-electron chi connectivity index (χ0n) is 14.2. The van der Waals surface area contributed by atoms with Crippen molar-refractivity contribution in [3.8, 4) is 22.8 Å². The van der Waals surface area contributed by atoms with Gasteiger partial charge in [-0.2, -0.15) is 0 Å². The molecule has 0 unspecified atom stereocenters. The smallest absolute Gasteiger partial charge is 0.190 e. The van der Waals surface area contributed by atoms with Crippen molar-refractivity contribution in [2.24, 2.45) is 0 Å². The summed E-state index contributed by atoms with van der Waals surface area (Å²) in [6.45, 7) is 0. The molecule has 0 saturated heterocycles. The lowest BCUT2D eigenvalue weighted by Crippen LogP contribution is -1.90. The number of hydrogen-bond donors (Lipinski definition) is 1. The molecular formula is C18H13Cl2N3O2S2. The van der Waals surface area contributed by atoms with E-state index in [4.69, 9.17) is 32.7 Å². The molecule has 0 fully saturated rings. The number of nitrogens with one attached hydrogen (secondary N) is 1. The first-order chi connectivity index (χ1) is 13.1. The predicted octanol–water partition coefficient (Wildman–Crippen LogP) is 6.49. The molecule has 0 radical (unpaired) electrons. The van der Waals surface area contributed by atoms with Crippen molar-refractivity contribution in [3.05, 3.63) is 45.8 Å². The van der Waals surface area contributed by atoms with E-state index in [9.17, 15) is 0 Å². The monoisotopic (exact) mass is 437 g/mol. The second-order valence-electron chi connectivity index (χ2n) is 5.48. The van der Waals surface area contributed by atoms with Crippen LogP contribution in [0.1, 0.15) is 0 Å². The predicted molar refractivity (Wildman–Crippen MR) is 114 cm³/mol. The second kappa shape index (κ2) is 7.52. The SMILES string of the molecule is COc1cc2nc(Nc3nc(-c4cc(Cl)ccc4Cl)cs3)sc2cc1OC. The van der Waals surface area contributed by atoms with Crippen LogP contribution < -0.4 is 14.8 Å². The Hall–Kier alpha value is -2.06. The summed E-state index contributed by atoms with van der Waals surface area (Å²) in [5.41, 5.74) is 2.39. The van der Waals surface area contributed by atoms with E-state index in [0.717, 1.165) is 31.7 Å². The van der Waals surface area contributed by atoms with E-state index in [2.05, 4.69) is 15.3 Å². The number of anilines is 2. The van der Waals surface area contributed by atoms with Gasteiger partial charge in [-0.25, -0.2) is 9.97 Å². The molecule has 138 valence electrons. The minimum Gasteiger partial charge on any atom is -0.493 e. The molecule has 2 heterocycles. The van der Waals surface area contributed by atoms with Crippen LogP contribution >= 0.6 is 45.9 Å². The van der Waals surface area contributed by atoms with Gasteiger partial charge in [-0.05, 0) is 18.2 Å². The Bertz CT molecular complexity index is 1090. The summed E-state index contributed by atoms with van der Waals surface area (Å²) in [5.74, 6) is 1.32. The highest BCUT2D eigenvalue weighted by molar-refractivity contribution is 7.22. The molecule has 0 aliphatic rings. The van der Waals surface area contributed by atoms with E-state index >= 15 is 0 Å². The molecule has 2 aromatic carbocycles. The summed E-state index contributed by atoms with van der Waals surface area (Å²) in [5, 5.41) is 7.86. The Morgan fingerprint density at radius 1 is 0.963 bits per heavy atom. The summed E-state index contributed by atoms with van der Waals surface area (Å²) < 4.78 is 11.7. The first-order valence-corrected chi connectivity index (χ1v) is 10.2. The van der Waals surface area contributed by atoms with E-state index in [1.165, 1.54) is 22.7 Å². The van der Waals surface area contributed by atoms with Crippen LogP contribution in [0.3, 0.4) is 0 Å². The molecule has 5 nitrogen and oxygen atoms in total. The molecule has 27 heavy (non-hydrogen) atoms. The topological polar surface area (TPSA) is 56.3 Å². The van der Waals surface area contributed by atoms with Crippen LogP contribution in [0.15, 0.2) is 35.7 Å². The molecule has 1 N–H and O–H groups in total. The molecule has 0 atom stereocenters. The lowest BCUT2D eigenvalue weighted by atomic mass is 10.2. The van der Waals surface area contributed by atoms with Gasteiger partial charge in [-0.3, -0.25) is 0 Å². The third-order valence-corrected chi connectivity index (χ3v) is 6.07. The second-order valence-corrected chi connectivity index (χ2v) is 8.21. The molecule has 0 saturated carbocycles. The molecule has 0 aliphatic carbocycles. The maximum absolute atomic E-state index is 6.26. The lowest BCUT2D eigenvalue weighted by molar-refractivity contribution is 0.356. The molecule has 0 aliphatic heterocycles. The van der Waals surface area contributed by atoms with Crippen molar-refractivity contribution in [1.82, 2.24) is 9.97 Å². The first-order valence-electron chi connectivity index (χ1n) is 7.78. The van der Waals surface area contributed by atoms with Gasteiger partial charge in [0.15, 0.2) is 21.8 Å². The van der Waals surface area contributed by atoms with Crippen LogP contribution in [-0.4, -0.2) is 24.2 Å². The standard InChI is InChI=1S/C18H13Cl2N3O2S2/c1-24-14-6-12-16(7-15(14)25-2)27-18(21-12)23-17-22-13(8-26-17)10-5-9(19)3-4-11(10)20/h3-8H,1-2H3,(H,21,22,23). The number of methoxy groups -OCH3 is 2. The summed E-state index contributed by atoms with van der Waals surface area (Å²) in [6.07, 6.45) is 0. The first kappa shape index (κ1) is 18.3. The van der Waals surface area contributed by atoms with Gasteiger partial charge < -0.3 is 14.8 Å². The Kier molecular flexibility index (Phi) is 5.10. The van der Waals surface area contributed by atoms with Gasteiger partial charge in [0, 0.05) is 28.1 Å². The third-order valence-electron chi connectivity index (χ3n) is 3.82. The zero-order chi connectivity index (χ0) is 19.0. The van der Waals surface area contributed by atoms with E-state index in [1.807, 2.05) is 17.5 Å².